The molecule has 1 heterocycles. The van der Waals surface area contributed by atoms with E-state index in [1.165, 1.54) is 0 Å². The Morgan fingerprint density at radius 3 is 2.83 bits per heavy atom. The van der Waals surface area contributed by atoms with E-state index in [4.69, 9.17) is 4.74 Å². The Labute approximate surface area is 137 Å². The Morgan fingerprint density at radius 1 is 1.39 bits per heavy atom. The standard InChI is InChI=1S/C17H25N3O3/c1-19(13-14-6-4-3-5-7-14)16(21)12-15-17(22)20(9-8-18-15)10-11-23-2/h3-7,15,18H,8-13H2,1-2H3. The lowest BCUT2D eigenvalue weighted by atomic mass is 10.1. The molecule has 1 aliphatic heterocycles. The van der Waals surface area contributed by atoms with Crippen molar-refractivity contribution >= 4 is 11.8 Å². The van der Waals surface area contributed by atoms with Crippen molar-refractivity contribution in [3.05, 3.63) is 35.9 Å². The van der Waals surface area contributed by atoms with Crippen molar-refractivity contribution in [3.8, 4) is 0 Å². The minimum absolute atomic E-state index is 0.0187. The van der Waals surface area contributed by atoms with E-state index >= 15 is 0 Å². The van der Waals surface area contributed by atoms with Gasteiger partial charge in [0.25, 0.3) is 0 Å². The predicted octanol–water partition coefficient (Wildman–Crippen LogP) is 0.482. The summed E-state index contributed by atoms with van der Waals surface area (Å²) in [5.74, 6) is -0.0527. The molecule has 6 nitrogen and oxygen atoms in total. The number of carbonyl (C=O) groups is 2. The third kappa shape index (κ3) is 5.04. The summed E-state index contributed by atoms with van der Waals surface area (Å²) in [4.78, 5) is 28.2. The van der Waals surface area contributed by atoms with Crippen molar-refractivity contribution in [3.63, 3.8) is 0 Å². The van der Waals surface area contributed by atoms with Crippen LogP contribution in [-0.4, -0.2) is 68.1 Å². The average Bonchev–Trinajstić information content (AvgIpc) is 2.56. The molecule has 0 spiro atoms. The Bertz CT molecular complexity index is 521. The Hall–Kier alpha value is -1.92. The van der Waals surface area contributed by atoms with Crippen LogP contribution in [0.2, 0.25) is 0 Å². The van der Waals surface area contributed by atoms with Crippen LogP contribution in [0, 0.1) is 0 Å². The van der Waals surface area contributed by atoms with Crippen LogP contribution < -0.4 is 5.32 Å². The van der Waals surface area contributed by atoms with E-state index in [1.54, 1.807) is 24.0 Å². The molecule has 0 aliphatic carbocycles. The molecule has 1 N–H and O–H groups in total. The molecule has 1 saturated heterocycles. The smallest absolute Gasteiger partial charge is 0.240 e. The van der Waals surface area contributed by atoms with Crippen molar-refractivity contribution < 1.29 is 14.3 Å². The third-order valence-corrected chi connectivity index (χ3v) is 4.01. The zero-order chi connectivity index (χ0) is 16.7. The first-order valence-corrected chi connectivity index (χ1v) is 7.91. The van der Waals surface area contributed by atoms with E-state index in [-0.39, 0.29) is 18.2 Å². The number of nitrogens with one attached hydrogen (secondary N) is 1. The van der Waals surface area contributed by atoms with E-state index < -0.39 is 6.04 Å². The second-order valence-corrected chi connectivity index (χ2v) is 5.76. The molecule has 1 atom stereocenters. The highest BCUT2D eigenvalue weighted by molar-refractivity contribution is 5.88. The van der Waals surface area contributed by atoms with Gasteiger partial charge in [-0.15, -0.1) is 0 Å². The van der Waals surface area contributed by atoms with Gasteiger partial charge in [0, 0.05) is 40.3 Å². The SMILES string of the molecule is COCCN1CCNC(CC(=O)N(C)Cc2ccccc2)C1=O. The van der Waals surface area contributed by atoms with Gasteiger partial charge in [-0.25, -0.2) is 0 Å². The molecule has 1 unspecified atom stereocenters. The van der Waals surface area contributed by atoms with E-state index in [9.17, 15) is 9.59 Å². The lowest BCUT2D eigenvalue weighted by Gasteiger charge is -2.33. The van der Waals surface area contributed by atoms with Crippen LogP contribution in [0.15, 0.2) is 30.3 Å². The maximum Gasteiger partial charge on any atom is 0.240 e. The molecule has 0 bridgehead atoms. The lowest BCUT2D eigenvalue weighted by molar-refractivity contribution is -0.141. The zero-order valence-electron chi connectivity index (χ0n) is 13.8. The number of benzene rings is 1. The second-order valence-electron chi connectivity index (χ2n) is 5.76. The molecule has 2 rings (SSSR count). The van der Waals surface area contributed by atoms with Crippen LogP contribution in [0.25, 0.3) is 0 Å². The summed E-state index contributed by atoms with van der Waals surface area (Å²) >= 11 is 0. The minimum atomic E-state index is -0.439. The Kier molecular flexibility index (Phi) is 6.55. The summed E-state index contributed by atoms with van der Waals surface area (Å²) in [7, 11) is 3.39. The van der Waals surface area contributed by atoms with Gasteiger partial charge in [0.15, 0.2) is 0 Å². The van der Waals surface area contributed by atoms with Gasteiger partial charge in [0.05, 0.1) is 19.1 Å². The molecule has 126 valence electrons. The Morgan fingerprint density at radius 2 is 2.13 bits per heavy atom. The van der Waals surface area contributed by atoms with Crippen molar-refractivity contribution in [2.24, 2.45) is 0 Å². The first-order valence-electron chi connectivity index (χ1n) is 7.91. The number of amides is 2. The van der Waals surface area contributed by atoms with Gasteiger partial charge in [0.1, 0.15) is 0 Å². The van der Waals surface area contributed by atoms with Gasteiger partial charge < -0.3 is 19.9 Å². The topological polar surface area (TPSA) is 61.9 Å². The second kappa shape index (κ2) is 8.64. The number of rotatable bonds is 7. The van der Waals surface area contributed by atoms with Crippen LogP contribution in [-0.2, 0) is 20.9 Å². The lowest BCUT2D eigenvalue weighted by Crippen LogP contribution is -2.56. The molecule has 0 saturated carbocycles. The first-order chi connectivity index (χ1) is 11.1. The number of piperazine rings is 1. The van der Waals surface area contributed by atoms with E-state index in [1.807, 2.05) is 30.3 Å². The number of hydrogen-bond acceptors (Lipinski definition) is 4. The van der Waals surface area contributed by atoms with Gasteiger partial charge in [-0.3, -0.25) is 9.59 Å². The molecule has 1 aromatic carbocycles. The molecular weight excluding hydrogens is 294 g/mol. The average molecular weight is 319 g/mol. The summed E-state index contributed by atoms with van der Waals surface area (Å²) in [6.45, 7) is 3.00. The van der Waals surface area contributed by atoms with E-state index in [2.05, 4.69) is 5.32 Å². The molecule has 1 aliphatic rings. The van der Waals surface area contributed by atoms with Gasteiger partial charge in [-0.1, -0.05) is 30.3 Å². The number of carbonyl (C=O) groups excluding carboxylic acids is 2. The largest absolute Gasteiger partial charge is 0.383 e. The third-order valence-electron chi connectivity index (χ3n) is 4.01. The number of hydrogen-bond donors (Lipinski definition) is 1. The predicted molar refractivity (Wildman–Crippen MR) is 87.8 cm³/mol. The van der Waals surface area contributed by atoms with Crippen molar-refractivity contribution in [1.29, 1.82) is 0 Å². The van der Waals surface area contributed by atoms with Crippen LogP contribution in [0.4, 0.5) is 0 Å². The van der Waals surface area contributed by atoms with Crippen molar-refractivity contribution in [1.82, 2.24) is 15.1 Å². The van der Waals surface area contributed by atoms with Gasteiger partial charge >= 0.3 is 0 Å². The fourth-order valence-corrected chi connectivity index (χ4v) is 2.65. The van der Waals surface area contributed by atoms with Gasteiger partial charge in [0.2, 0.25) is 11.8 Å². The number of methoxy groups -OCH3 is 1. The summed E-state index contributed by atoms with van der Waals surface area (Å²) in [6, 6.07) is 9.39. The molecule has 6 heteroatoms. The molecule has 0 radical (unpaired) electrons. The van der Waals surface area contributed by atoms with Gasteiger partial charge in [-0.05, 0) is 5.56 Å². The fourth-order valence-electron chi connectivity index (χ4n) is 2.65. The maximum atomic E-state index is 12.4. The minimum Gasteiger partial charge on any atom is -0.383 e. The summed E-state index contributed by atoms with van der Waals surface area (Å²) in [5.41, 5.74) is 1.08. The van der Waals surface area contributed by atoms with Crippen LogP contribution >= 0.6 is 0 Å². The van der Waals surface area contributed by atoms with Crippen LogP contribution in [0.5, 0.6) is 0 Å². The molecule has 1 aromatic rings. The molecule has 2 amide bonds. The first kappa shape index (κ1) is 17.4. The highest BCUT2D eigenvalue weighted by Gasteiger charge is 2.30. The summed E-state index contributed by atoms with van der Waals surface area (Å²) < 4.78 is 5.02. The van der Waals surface area contributed by atoms with Crippen molar-refractivity contribution in [2.75, 3.05) is 40.4 Å². The number of nitrogens with zero attached hydrogens (tertiary/aromatic N) is 2. The Balaban J connectivity index is 1.87. The normalized spacial score (nSPS) is 18.1. The highest BCUT2D eigenvalue weighted by Crippen LogP contribution is 2.09. The molecular formula is C17H25N3O3. The van der Waals surface area contributed by atoms with Gasteiger partial charge in [-0.2, -0.15) is 0 Å². The zero-order valence-corrected chi connectivity index (χ0v) is 13.8. The summed E-state index contributed by atoms with van der Waals surface area (Å²) in [6.07, 6.45) is 0.186. The monoisotopic (exact) mass is 319 g/mol. The fraction of sp³-hybridized carbons (Fsp3) is 0.529. The van der Waals surface area contributed by atoms with E-state index in [0.29, 0.717) is 32.8 Å². The molecule has 1 fully saturated rings. The van der Waals surface area contributed by atoms with Crippen LogP contribution in [0.1, 0.15) is 12.0 Å². The van der Waals surface area contributed by atoms with Crippen molar-refractivity contribution in [2.45, 2.75) is 19.0 Å². The summed E-state index contributed by atoms with van der Waals surface area (Å²) in [5, 5.41) is 3.15. The molecule has 23 heavy (non-hydrogen) atoms. The van der Waals surface area contributed by atoms with E-state index in [0.717, 1.165) is 5.56 Å². The number of ether oxygens (including phenoxy) is 1. The maximum absolute atomic E-state index is 12.4. The molecule has 0 aromatic heterocycles. The van der Waals surface area contributed by atoms with Crippen LogP contribution in [0.3, 0.4) is 0 Å². The quantitative estimate of drug-likeness (QED) is 0.794. The highest BCUT2D eigenvalue weighted by atomic mass is 16.5.